The molecule has 1 aliphatic rings. The lowest BCUT2D eigenvalue weighted by Gasteiger charge is -2.31. The molecule has 0 saturated carbocycles. The number of esters is 1. The summed E-state index contributed by atoms with van der Waals surface area (Å²) >= 11 is 0. The second-order valence-electron chi connectivity index (χ2n) is 7.77. The predicted molar refractivity (Wildman–Crippen MR) is 113 cm³/mol. The molecule has 1 atom stereocenters. The minimum Gasteiger partial charge on any atom is -0.465 e. The molecule has 1 aliphatic heterocycles. The van der Waals surface area contributed by atoms with Crippen LogP contribution in [0.3, 0.4) is 0 Å². The van der Waals surface area contributed by atoms with Crippen molar-refractivity contribution in [2.24, 2.45) is 0 Å². The first-order chi connectivity index (χ1) is 15.8. The van der Waals surface area contributed by atoms with E-state index in [0.29, 0.717) is 43.0 Å². The van der Waals surface area contributed by atoms with Crippen molar-refractivity contribution in [3.8, 4) is 0 Å². The molecule has 4 rings (SSSR count). The van der Waals surface area contributed by atoms with Crippen molar-refractivity contribution in [2.45, 2.75) is 24.9 Å². The molecule has 3 aromatic rings. The Balaban J connectivity index is 1.48. The summed E-state index contributed by atoms with van der Waals surface area (Å²) < 4.78 is 45.4. The maximum atomic E-state index is 13.1. The number of benzene rings is 1. The first-order valence-corrected chi connectivity index (χ1v) is 10.3. The fourth-order valence-electron chi connectivity index (χ4n) is 3.86. The zero-order chi connectivity index (χ0) is 23.6. The summed E-state index contributed by atoms with van der Waals surface area (Å²) in [5, 5.41) is 8.09. The van der Waals surface area contributed by atoms with Gasteiger partial charge in [0.15, 0.2) is 5.65 Å². The van der Waals surface area contributed by atoms with Crippen molar-refractivity contribution >= 4 is 23.6 Å². The SMILES string of the molecule is COC(=O)c1ccc(/C=C/C(=O)N2CCCC(c3nnc4ccc(C(F)(F)F)cn34)C2)cc1. The molecule has 1 amide bonds. The molecule has 1 aromatic carbocycles. The van der Waals surface area contributed by atoms with E-state index in [9.17, 15) is 22.8 Å². The molecule has 1 fully saturated rings. The Morgan fingerprint density at radius 3 is 2.58 bits per heavy atom. The highest BCUT2D eigenvalue weighted by molar-refractivity contribution is 5.92. The van der Waals surface area contributed by atoms with E-state index < -0.39 is 17.7 Å². The Hall–Kier alpha value is -3.69. The Labute approximate surface area is 187 Å². The number of aromatic nitrogens is 3. The van der Waals surface area contributed by atoms with E-state index in [0.717, 1.165) is 17.8 Å². The van der Waals surface area contributed by atoms with Crippen molar-refractivity contribution in [3.05, 3.63) is 71.2 Å². The van der Waals surface area contributed by atoms with Crippen LogP contribution in [-0.2, 0) is 15.7 Å². The lowest BCUT2D eigenvalue weighted by atomic mass is 9.97. The molecule has 0 N–H and O–H groups in total. The van der Waals surface area contributed by atoms with Crippen LogP contribution < -0.4 is 0 Å². The van der Waals surface area contributed by atoms with Crippen molar-refractivity contribution in [1.29, 1.82) is 0 Å². The molecule has 33 heavy (non-hydrogen) atoms. The van der Waals surface area contributed by atoms with Gasteiger partial charge in [0.1, 0.15) is 5.82 Å². The van der Waals surface area contributed by atoms with Crippen LogP contribution in [-0.4, -0.2) is 51.6 Å². The summed E-state index contributed by atoms with van der Waals surface area (Å²) in [6, 6.07) is 8.90. The molecule has 3 heterocycles. The number of nitrogens with zero attached hydrogens (tertiary/aromatic N) is 4. The minimum absolute atomic E-state index is 0.207. The number of fused-ring (bicyclic) bond motifs is 1. The Bertz CT molecular complexity index is 1200. The third-order valence-electron chi connectivity index (χ3n) is 5.60. The fourth-order valence-corrected chi connectivity index (χ4v) is 3.86. The average molecular weight is 458 g/mol. The molecule has 0 bridgehead atoms. The molecule has 0 aliphatic carbocycles. The number of carbonyl (C=O) groups is 2. The van der Waals surface area contributed by atoms with Crippen LogP contribution in [0.1, 0.15) is 46.1 Å². The third-order valence-corrected chi connectivity index (χ3v) is 5.60. The van der Waals surface area contributed by atoms with Gasteiger partial charge >= 0.3 is 12.1 Å². The quantitative estimate of drug-likeness (QED) is 0.437. The lowest BCUT2D eigenvalue weighted by molar-refractivity contribution is -0.137. The second-order valence-corrected chi connectivity index (χ2v) is 7.77. The Morgan fingerprint density at radius 2 is 1.88 bits per heavy atom. The largest absolute Gasteiger partial charge is 0.465 e. The van der Waals surface area contributed by atoms with Crippen LogP contribution in [0.5, 0.6) is 0 Å². The summed E-state index contributed by atoms with van der Waals surface area (Å²) in [6.45, 7) is 0.882. The van der Waals surface area contributed by atoms with E-state index in [2.05, 4.69) is 14.9 Å². The third kappa shape index (κ3) is 4.89. The molecule has 1 saturated heterocycles. The molecule has 0 radical (unpaired) electrons. The van der Waals surface area contributed by atoms with Gasteiger partial charge in [0, 0.05) is 31.3 Å². The van der Waals surface area contributed by atoms with Gasteiger partial charge in [-0.2, -0.15) is 13.2 Å². The molecule has 172 valence electrons. The van der Waals surface area contributed by atoms with Crippen LogP contribution in [0.15, 0.2) is 48.7 Å². The van der Waals surface area contributed by atoms with Crippen LogP contribution in [0.2, 0.25) is 0 Å². The van der Waals surface area contributed by atoms with Crippen LogP contribution >= 0.6 is 0 Å². The number of methoxy groups -OCH3 is 1. The molecular weight excluding hydrogens is 437 g/mol. The number of pyridine rings is 1. The van der Waals surface area contributed by atoms with Crippen molar-refractivity contribution in [1.82, 2.24) is 19.5 Å². The van der Waals surface area contributed by atoms with E-state index >= 15 is 0 Å². The number of hydrogen-bond donors (Lipinski definition) is 0. The van der Waals surface area contributed by atoms with Gasteiger partial charge in [-0.25, -0.2) is 4.79 Å². The van der Waals surface area contributed by atoms with Gasteiger partial charge in [0.05, 0.1) is 18.2 Å². The van der Waals surface area contributed by atoms with E-state index in [1.807, 2.05) is 0 Å². The van der Waals surface area contributed by atoms with Gasteiger partial charge < -0.3 is 9.64 Å². The maximum Gasteiger partial charge on any atom is 0.417 e. The van der Waals surface area contributed by atoms with Crippen LogP contribution in [0.4, 0.5) is 13.2 Å². The number of alkyl halides is 3. The summed E-state index contributed by atoms with van der Waals surface area (Å²) in [4.78, 5) is 25.9. The summed E-state index contributed by atoms with van der Waals surface area (Å²) in [6.07, 6.45) is 1.02. The summed E-state index contributed by atoms with van der Waals surface area (Å²) in [5.41, 5.74) is 0.708. The number of halogens is 3. The predicted octanol–water partition coefficient (Wildman–Crippen LogP) is 3.95. The van der Waals surface area contributed by atoms with Gasteiger partial charge in [0.25, 0.3) is 0 Å². The molecule has 10 heteroatoms. The van der Waals surface area contributed by atoms with E-state index in [1.165, 1.54) is 23.7 Å². The first-order valence-electron chi connectivity index (χ1n) is 10.3. The minimum atomic E-state index is -4.47. The molecule has 0 spiro atoms. The smallest absolute Gasteiger partial charge is 0.417 e. The summed E-state index contributed by atoms with van der Waals surface area (Å²) in [5.74, 6) is -0.462. The van der Waals surface area contributed by atoms with E-state index in [-0.39, 0.29) is 11.8 Å². The van der Waals surface area contributed by atoms with Gasteiger partial charge in [-0.1, -0.05) is 12.1 Å². The maximum absolute atomic E-state index is 13.1. The first kappa shape index (κ1) is 22.5. The topological polar surface area (TPSA) is 76.8 Å². The summed E-state index contributed by atoms with van der Waals surface area (Å²) in [7, 11) is 1.30. The molecule has 2 aromatic heterocycles. The normalized spacial score (nSPS) is 17.0. The average Bonchev–Trinajstić information content (AvgIpc) is 3.25. The Kier molecular flexibility index (Phi) is 6.17. The number of piperidine rings is 1. The van der Waals surface area contributed by atoms with Gasteiger partial charge in [-0.05, 0) is 48.7 Å². The fraction of sp³-hybridized carbons (Fsp3) is 0.304. The monoisotopic (exact) mass is 458 g/mol. The zero-order valence-electron chi connectivity index (χ0n) is 17.7. The van der Waals surface area contributed by atoms with Crippen LogP contribution in [0, 0.1) is 0 Å². The lowest BCUT2D eigenvalue weighted by Crippen LogP contribution is -2.38. The van der Waals surface area contributed by atoms with E-state index in [4.69, 9.17) is 0 Å². The Morgan fingerprint density at radius 1 is 1.12 bits per heavy atom. The second kappa shape index (κ2) is 9.05. The number of carbonyl (C=O) groups excluding carboxylic acids is 2. The number of amides is 1. The van der Waals surface area contributed by atoms with E-state index in [1.54, 1.807) is 35.2 Å². The highest BCUT2D eigenvalue weighted by Gasteiger charge is 2.32. The molecule has 7 nitrogen and oxygen atoms in total. The van der Waals surface area contributed by atoms with Crippen molar-refractivity contribution in [3.63, 3.8) is 0 Å². The van der Waals surface area contributed by atoms with Gasteiger partial charge in [-0.15, -0.1) is 10.2 Å². The number of ether oxygens (including phenoxy) is 1. The number of likely N-dealkylation sites (tertiary alicyclic amines) is 1. The molecular formula is C23H21F3N4O3. The van der Waals surface area contributed by atoms with Crippen molar-refractivity contribution < 1.29 is 27.5 Å². The van der Waals surface area contributed by atoms with Gasteiger partial charge in [0.2, 0.25) is 5.91 Å². The van der Waals surface area contributed by atoms with Crippen molar-refractivity contribution in [2.75, 3.05) is 20.2 Å². The highest BCUT2D eigenvalue weighted by Crippen LogP contribution is 2.31. The highest BCUT2D eigenvalue weighted by atomic mass is 19.4. The standard InChI is InChI=1S/C23H21F3N4O3/c1-33-22(32)16-7-4-15(5-8-16)6-11-20(31)29-12-2-3-17(13-29)21-28-27-19-10-9-18(14-30(19)21)23(24,25)26/h4-11,14,17H,2-3,12-13H2,1H3/b11-6+. The molecule has 1 unspecified atom stereocenters. The zero-order valence-corrected chi connectivity index (χ0v) is 17.7. The number of hydrogen-bond acceptors (Lipinski definition) is 5. The van der Waals surface area contributed by atoms with Gasteiger partial charge in [-0.3, -0.25) is 9.20 Å². The number of rotatable bonds is 4. The van der Waals surface area contributed by atoms with Crippen LogP contribution in [0.25, 0.3) is 11.7 Å².